The van der Waals surface area contributed by atoms with Crippen molar-refractivity contribution in [1.82, 2.24) is 10.3 Å². The molecule has 20 heavy (non-hydrogen) atoms. The first-order valence-corrected chi connectivity index (χ1v) is 8.94. The van der Waals surface area contributed by atoms with Crippen molar-refractivity contribution in [3.63, 3.8) is 0 Å². The first-order valence-electron chi connectivity index (χ1n) is 8.12. The fourth-order valence-electron chi connectivity index (χ4n) is 3.06. The van der Waals surface area contributed by atoms with Crippen molar-refractivity contribution >= 4 is 11.3 Å². The fraction of sp³-hybridized carbons (Fsp3) is 0.824. The molecule has 1 aromatic rings. The Morgan fingerprint density at radius 1 is 1.30 bits per heavy atom. The molecule has 0 aromatic carbocycles. The van der Waals surface area contributed by atoms with E-state index in [2.05, 4.69) is 39.9 Å². The van der Waals surface area contributed by atoms with E-state index in [9.17, 15) is 0 Å². The Balaban J connectivity index is 2.18. The van der Waals surface area contributed by atoms with Crippen molar-refractivity contribution in [1.29, 1.82) is 0 Å². The minimum absolute atomic E-state index is 0.155. The maximum atomic E-state index is 5.06. The van der Waals surface area contributed by atoms with Crippen molar-refractivity contribution < 1.29 is 0 Å². The lowest BCUT2D eigenvalue weighted by atomic mass is 9.91. The Kier molecular flexibility index (Phi) is 5.25. The molecule has 1 aliphatic carbocycles. The molecule has 2 nitrogen and oxygen atoms in total. The smallest absolute Gasteiger partial charge is 0.0962 e. The normalized spacial score (nSPS) is 23.4. The number of aromatic nitrogens is 1. The van der Waals surface area contributed by atoms with E-state index in [1.807, 2.05) is 11.3 Å². The van der Waals surface area contributed by atoms with Crippen LogP contribution in [0.3, 0.4) is 0 Å². The molecule has 3 heteroatoms. The molecule has 1 N–H and O–H groups in total. The molecular weight excluding hydrogens is 264 g/mol. The Bertz CT molecular complexity index is 431. The Morgan fingerprint density at radius 2 is 2.05 bits per heavy atom. The highest BCUT2D eigenvalue weighted by molar-refractivity contribution is 7.11. The zero-order valence-corrected chi connectivity index (χ0v) is 14.6. The van der Waals surface area contributed by atoms with Gasteiger partial charge in [0.25, 0.3) is 0 Å². The standard InChI is InChI=1S/C17H30N2S/c1-6-9-18-11-14-15(17(3,4)5)19-16(20-14)13-8-7-12(2)10-13/h12-13,18H,6-11H2,1-5H3. The van der Waals surface area contributed by atoms with E-state index in [0.29, 0.717) is 0 Å². The third-order valence-corrected chi connectivity index (χ3v) is 5.40. The van der Waals surface area contributed by atoms with Gasteiger partial charge in [0, 0.05) is 22.8 Å². The van der Waals surface area contributed by atoms with Crippen LogP contribution >= 0.6 is 11.3 Å². The van der Waals surface area contributed by atoms with E-state index in [1.165, 1.54) is 41.3 Å². The summed E-state index contributed by atoms with van der Waals surface area (Å²) in [5.74, 6) is 1.60. The average molecular weight is 295 g/mol. The maximum Gasteiger partial charge on any atom is 0.0962 e. The van der Waals surface area contributed by atoms with Crippen LogP contribution in [-0.4, -0.2) is 11.5 Å². The molecule has 1 heterocycles. The van der Waals surface area contributed by atoms with Gasteiger partial charge in [-0.1, -0.05) is 41.0 Å². The van der Waals surface area contributed by atoms with Crippen LogP contribution in [0.15, 0.2) is 0 Å². The number of hydrogen-bond acceptors (Lipinski definition) is 3. The molecule has 1 saturated carbocycles. The summed E-state index contributed by atoms with van der Waals surface area (Å²) in [6.07, 6.45) is 5.23. The van der Waals surface area contributed by atoms with Crippen molar-refractivity contribution in [3.05, 3.63) is 15.6 Å². The molecule has 2 rings (SSSR count). The van der Waals surface area contributed by atoms with E-state index in [0.717, 1.165) is 24.9 Å². The van der Waals surface area contributed by atoms with Gasteiger partial charge in [0.1, 0.15) is 0 Å². The van der Waals surface area contributed by atoms with Crippen LogP contribution in [0.5, 0.6) is 0 Å². The second-order valence-electron chi connectivity index (χ2n) is 7.37. The number of rotatable bonds is 5. The molecule has 2 atom stereocenters. The summed E-state index contributed by atoms with van der Waals surface area (Å²) in [5.41, 5.74) is 1.48. The van der Waals surface area contributed by atoms with Crippen molar-refractivity contribution in [2.75, 3.05) is 6.54 Å². The largest absolute Gasteiger partial charge is 0.312 e. The summed E-state index contributed by atoms with van der Waals surface area (Å²) in [4.78, 5) is 6.51. The fourth-order valence-corrected chi connectivity index (χ4v) is 4.45. The van der Waals surface area contributed by atoms with Crippen LogP contribution < -0.4 is 5.32 Å². The third-order valence-electron chi connectivity index (χ3n) is 4.18. The summed E-state index contributed by atoms with van der Waals surface area (Å²) in [5, 5.41) is 4.94. The van der Waals surface area contributed by atoms with Crippen LogP contribution in [-0.2, 0) is 12.0 Å². The van der Waals surface area contributed by atoms with Crippen molar-refractivity contribution in [2.24, 2.45) is 5.92 Å². The summed E-state index contributed by atoms with van der Waals surface area (Å²) in [6, 6.07) is 0. The van der Waals surface area contributed by atoms with Gasteiger partial charge < -0.3 is 5.32 Å². The first-order chi connectivity index (χ1) is 9.41. The molecule has 0 amide bonds. The van der Waals surface area contributed by atoms with E-state index >= 15 is 0 Å². The number of thiazole rings is 1. The van der Waals surface area contributed by atoms with Crippen LogP contribution in [0, 0.1) is 5.92 Å². The molecule has 0 saturated heterocycles. The second kappa shape index (κ2) is 6.57. The van der Waals surface area contributed by atoms with Crippen LogP contribution in [0.4, 0.5) is 0 Å². The van der Waals surface area contributed by atoms with Crippen LogP contribution in [0.2, 0.25) is 0 Å². The van der Waals surface area contributed by atoms with Gasteiger partial charge in [-0.3, -0.25) is 0 Å². The molecule has 1 fully saturated rings. The lowest BCUT2D eigenvalue weighted by Crippen LogP contribution is -2.19. The second-order valence-corrected chi connectivity index (χ2v) is 8.48. The Labute approximate surface area is 128 Å². The topological polar surface area (TPSA) is 24.9 Å². The monoisotopic (exact) mass is 294 g/mol. The Morgan fingerprint density at radius 3 is 2.60 bits per heavy atom. The van der Waals surface area contributed by atoms with Gasteiger partial charge in [-0.15, -0.1) is 11.3 Å². The molecule has 0 bridgehead atoms. The zero-order valence-electron chi connectivity index (χ0n) is 13.8. The van der Waals surface area contributed by atoms with Crippen LogP contribution in [0.1, 0.15) is 81.8 Å². The first kappa shape index (κ1) is 16.0. The van der Waals surface area contributed by atoms with Crippen molar-refractivity contribution in [3.8, 4) is 0 Å². The SMILES string of the molecule is CCCNCc1sc(C2CCC(C)C2)nc1C(C)(C)C. The molecule has 0 radical (unpaired) electrons. The van der Waals surface area contributed by atoms with Crippen molar-refractivity contribution in [2.45, 2.75) is 78.2 Å². The summed E-state index contributed by atoms with van der Waals surface area (Å²) < 4.78 is 0. The van der Waals surface area contributed by atoms with Gasteiger partial charge in [0.2, 0.25) is 0 Å². The summed E-state index contributed by atoms with van der Waals surface area (Å²) in [6.45, 7) is 13.5. The summed E-state index contributed by atoms with van der Waals surface area (Å²) >= 11 is 1.96. The maximum absolute atomic E-state index is 5.06. The highest BCUT2D eigenvalue weighted by Crippen LogP contribution is 2.41. The highest BCUT2D eigenvalue weighted by Gasteiger charge is 2.29. The third kappa shape index (κ3) is 3.82. The number of hydrogen-bond donors (Lipinski definition) is 1. The van der Waals surface area contributed by atoms with Crippen LogP contribution in [0.25, 0.3) is 0 Å². The van der Waals surface area contributed by atoms with Gasteiger partial charge in [-0.2, -0.15) is 0 Å². The number of nitrogens with zero attached hydrogens (tertiary/aromatic N) is 1. The zero-order chi connectivity index (χ0) is 14.8. The van der Waals surface area contributed by atoms with E-state index < -0.39 is 0 Å². The predicted molar refractivity (Wildman–Crippen MR) is 88.6 cm³/mol. The van der Waals surface area contributed by atoms with E-state index in [4.69, 9.17) is 4.98 Å². The summed E-state index contributed by atoms with van der Waals surface area (Å²) in [7, 11) is 0. The minimum atomic E-state index is 0.155. The molecule has 1 aliphatic rings. The highest BCUT2D eigenvalue weighted by atomic mass is 32.1. The van der Waals surface area contributed by atoms with E-state index in [1.54, 1.807) is 0 Å². The average Bonchev–Trinajstić information content (AvgIpc) is 2.95. The molecule has 1 aromatic heterocycles. The molecular formula is C17H30N2S. The minimum Gasteiger partial charge on any atom is -0.312 e. The quantitative estimate of drug-likeness (QED) is 0.786. The Hall–Kier alpha value is -0.410. The molecule has 114 valence electrons. The lowest BCUT2D eigenvalue weighted by Gasteiger charge is -2.18. The van der Waals surface area contributed by atoms with Gasteiger partial charge >= 0.3 is 0 Å². The predicted octanol–water partition coefficient (Wildman–Crippen LogP) is 4.84. The van der Waals surface area contributed by atoms with E-state index in [-0.39, 0.29) is 5.41 Å². The molecule has 0 spiro atoms. The lowest BCUT2D eigenvalue weighted by molar-refractivity contribution is 0.551. The van der Waals surface area contributed by atoms with Gasteiger partial charge in [-0.05, 0) is 31.7 Å². The van der Waals surface area contributed by atoms with Gasteiger partial charge in [0.05, 0.1) is 10.7 Å². The van der Waals surface area contributed by atoms with Gasteiger partial charge in [0.15, 0.2) is 0 Å². The van der Waals surface area contributed by atoms with Gasteiger partial charge in [-0.25, -0.2) is 4.98 Å². The molecule has 0 aliphatic heterocycles. The number of nitrogens with one attached hydrogen (secondary N) is 1. The molecule has 2 unspecified atom stereocenters.